The van der Waals surface area contributed by atoms with Crippen LogP contribution in [0.1, 0.15) is 41.4 Å². The maximum Gasteiger partial charge on any atom is 0.490 e. The van der Waals surface area contributed by atoms with Crippen LogP contribution in [0, 0.1) is 0 Å². The lowest BCUT2D eigenvalue weighted by molar-refractivity contribution is -0.205. The molecule has 1 aromatic heterocycles. The van der Waals surface area contributed by atoms with Crippen LogP contribution < -0.4 is 10.6 Å². The number of nitrogens with one attached hydrogen (secondary N) is 3. The highest BCUT2D eigenvalue weighted by atomic mass is 35.5. The fourth-order valence-electron chi connectivity index (χ4n) is 3.68. The minimum atomic E-state index is -5.13. The number of carbonyl (C=O) groups excluding carboxylic acids is 2. The van der Waals surface area contributed by atoms with Crippen molar-refractivity contribution >= 4 is 40.3 Å². The molecule has 0 fully saturated rings. The lowest BCUT2D eigenvalue weighted by Crippen LogP contribution is -2.38. The molecule has 3 aromatic rings. The third-order valence-corrected chi connectivity index (χ3v) is 5.86. The van der Waals surface area contributed by atoms with E-state index in [9.17, 15) is 27.6 Å². The number of fused-ring (bicyclic) bond motifs is 1. The molecule has 0 aliphatic heterocycles. The molecule has 0 saturated carbocycles. The highest BCUT2D eigenvalue weighted by molar-refractivity contribution is 6.30. The second-order valence-corrected chi connectivity index (χ2v) is 9.00. The van der Waals surface area contributed by atoms with E-state index < -0.39 is 36.2 Å². The van der Waals surface area contributed by atoms with E-state index in [1.165, 1.54) is 19.1 Å². The summed E-state index contributed by atoms with van der Waals surface area (Å²) in [5.41, 5.74) is 2.15. The molecule has 0 unspecified atom stereocenters. The first-order chi connectivity index (χ1) is 17.3. The van der Waals surface area contributed by atoms with E-state index in [4.69, 9.17) is 21.4 Å². The number of aromatic amines is 1. The average molecular weight is 540 g/mol. The Bertz CT molecular complexity index is 1290. The van der Waals surface area contributed by atoms with Crippen molar-refractivity contribution in [3.05, 3.63) is 70.4 Å². The molecule has 0 spiro atoms. The SMILES string of the molecule is C[C@H](Cc1c[nH]c2cc(C(=O)N[C@@H](C)C(=O)O)ccc12)NC[C@@H](OC(=O)C(F)(F)F)c1cccc(Cl)c1. The van der Waals surface area contributed by atoms with Crippen molar-refractivity contribution in [1.82, 2.24) is 15.6 Å². The van der Waals surface area contributed by atoms with Gasteiger partial charge in [0, 0.05) is 40.3 Å². The number of amides is 1. The minimum Gasteiger partial charge on any atom is -0.480 e. The van der Waals surface area contributed by atoms with Gasteiger partial charge in [-0.25, -0.2) is 4.79 Å². The topological polar surface area (TPSA) is 121 Å². The number of esters is 1. The number of carbonyl (C=O) groups is 3. The van der Waals surface area contributed by atoms with Gasteiger partial charge in [0.05, 0.1) is 0 Å². The largest absolute Gasteiger partial charge is 0.490 e. The van der Waals surface area contributed by atoms with E-state index in [1.54, 1.807) is 36.5 Å². The Hall–Kier alpha value is -3.57. The van der Waals surface area contributed by atoms with Crippen molar-refractivity contribution in [1.29, 1.82) is 0 Å². The fourth-order valence-corrected chi connectivity index (χ4v) is 3.88. The molecule has 1 heterocycles. The number of H-pyrrole nitrogens is 1. The van der Waals surface area contributed by atoms with Gasteiger partial charge in [0.25, 0.3) is 5.91 Å². The molecule has 0 saturated heterocycles. The van der Waals surface area contributed by atoms with Crippen molar-refractivity contribution in [3.63, 3.8) is 0 Å². The number of carboxylic acids is 1. The molecule has 1 amide bonds. The first-order valence-electron chi connectivity index (χ1n) is 11.3. The van der Waals surface area contributed by atoms with E-state index in [1.807, 2.05) is 6.92 Å². The van der Waals surface area contributed by atoms with E-state index >= 15 is 0 Å². The van der Waals surface area contributed by atoms with Crippen LogP contribution in [0.4, 0.5) is 13.2 Å². The molecular formula is C25H25ClF3N3O5. The van der Waals surface area contributed by atoms with E-state index in [0.29, 0.717) is 22.5 Å². The Balaban J connectivity index is 1.68. The molecule has 4 N–H and O–H groups in total. The highest BCUT2D eigenvalue weighted by Crippen LogP contribution is 2.26. The molecule has 2 aromatic carbocycles. The number of benzene rings is 2. The van der Waals surface area contributed by atoms with Gasteiger partial charge in [0.2, 0.25) is 0 Å². The average Bonchev–Trinajstić information content (AvgIpc) is 3.22. The molecule has 198 valence electrons. The van der Waals surface area contributed by atoms with E-state index in [-0.39, 0.29) is 18.2 Å². The summed E-state index contributed by atoms with van der Waals surface area (Å²) >= 11 is 5.96. The van der Waals surface area contributed by atoms with Crippen LogP contribution in [-0.4, -0.2) is 52.7 Å². The molecule has 8 nitrogen and oxygen atoms in total. The summed E-state index contributed by atoms with van der Waals surface area (Å²) in [6, 6.07) is 9.71. The normalized spacial score (nSPS) is 14.1. The summed E-state index contributed by atoms with van der Waals surface area (Å²) in [7, 11) is 0. The Labute approximate surface area is 215 Å². The van der Waals surface area contributed by atoms with Gasteiger partial charge in [-0.3, -0.25) is 9.59 Å². The first-order valence-corrected chi connectivity index (χ1v) is 11.6. The van der Waals surface area contributed by atoms with Gasteiger partial charge in [-0.2, -0.15) is 13.2 Å². The summed E-state index contributed by atoms with van der Waals surface area (Å²) in [4.78, 5) is 37.8. The zero-order valence-corrected chi connectivity index (χ0v) is 20.6. The molecule has 0 aliphatic rings. The van der Waals surface area contributed by atoms with Crippen LogP contribution >= 0.6 is 11.6 Å². The van der Waals surface area contributed by atoms with E-state index in [0.717, 1.165) is 10.9 Å². The lowest BCUT2D eigenvalue weighted by atomic mass is 10.0. The van der Waals surface area contributed by atoms with Crippen LogP contribution in [-0.2, 0) is 20.7 Å². The monoisotopic (exact) mass is 539 g/mol. The molecule has 0 radical (unpaired) electrons. The van der Waals surface area contributed by atoms with Gasteiger partial charge in [-0.15, -0.1) is 0 Å². The fraction of sp³-hybridized carbons (Fsp3) is 0.320. The molecule has 0 bridgehead atoms. The Kier molecular flexibility index (Phi) is 8.82. The third-order valence-electron chi connectivity index (χ3n) is 5.63. The van der Waals surface area contributed by atoms with Crippen LogP contribution in [0.15, 0.2) is 48.7 Å². The molecule has 3 atom stereocenters. The van der Waals surface area contributed by atoms with Gasteiger partial charge in [-0.1, -0.05) is 29.8 Å². The first kappa shape index (κ1) is 28.0. The molecule has 12 heteroatoms. The molecule has 3 rings (SSSR count). The summed E-state index contributed by atoms with van der Waals surface area (Å²) in [6.45, 7) is 3.10. The number of hydrogen-bond acceptors (Lipinski definition) is 5. The summed E-state index contributed by atoms with van der Waals surface area (Å²) in [5, 5.41) is 15.6. The van der Waals surface area contributed by atoms with Crippen molar-refractivity contribution in [2.24, 2.45) is 0 Å². The predicted molar refractivity (Wildman–Crippen MR) is 130 cm³/mol. The standard InChI is InChI=1S/C25H25ClF3N3O5/c1-13(30-12-21(37-24(36)25(27,28)29)15-4-3-5-18(26)9-15)8-17-11-31-20-10-16(6-7-19(17)20)22(33)32-14(2)23(34)35/h3-7,9-11,13-14,21,30-31H,8,12H2,1-2H3,(H,32,33)(H,34,35)/t13-,14+,21-/m1/s1. The van der Waals surface area contributed by atoms with E-state index in [2.05, 4.69) is 15.6 Å². The number of hydrogen-bond donors (Lipinski definition) is 4. The molecule has 37 heavy (non-hydrogen) atoms. The summed E-state index contributed by atoms with van der Waals surface area (Å²) < 4.78 is 43.1. The van der Waals surface area contributed by atoms with Crippen LogP contribution in [0.25, 0.3) is 10.9 Å². The Morgan fingerprint density at radius 1 is 1.14 bits per heavy atom. The zero-order valence-electron chi connectivity index (χ0n) is 19.9. The number of alkyl halides is 3. The quantitative estimate of drug-likeness (QED) is 0.284. The van der Waals surface area contributed by atoms with Gasteiger partial charge >= 0.3 is 18.1 Å². The summed E-state index contributed by atoms with van der Waals surface area (Å²) in [6.07, 6.45) is -4.12. The Morgan fingerprint density at radius 3 is 2.51 bits per heavy atom. The third kappa shape index (κ3) is 7.46. The number of rotatable bonds is 10. The second-order valence-electron chi connectivity index (χ2n) is 8.57. The second kappa shape index (κ2) is 11.7. The van der Waals surface area contributed by atoms with Crippen molar-refractivity contribution in [2.75, 3.05) is 6.54 Å². The maximum atomic E-state index is 12.8. The molecule has 0 aliphatic carbocycles. The Morgan fingerprint density at radius 2 is 1.86 bits per heavy atom. The zero-order chi connectivity index (χ0) is 27.3. The number of carboxylic acid groups (broad SMARTS) is 1. The smallest absolute Gasteiger partial charge is 0.480 e. The summed E-state index contributed by atoms with van der Waals surface area (Å²) in [5.74, 6) is -3.96. The van der Waals surface area contributed by atoms with Gasteiger partial charge in [0.1, 0.15) is 12.1 Å². The molecular weight excluding hydrogens is 515 g/mol. The number of ether oxygens (including phenoxy) is 1. The van der Waals surface area contributed by atoms with Gasteiger partial charge < -0.3 is 25.5 Å². The number of halogens is 4. The van der Waals surface area contributed by atoms with Gasteiger partial charge in [0.15, 0.2) is 0 Å². The highest BCUT2D eigenvalue weighted by Gasteiger charge is 2.42. The number of aromatic nitrogens is 1. The minimum absolute atomic E-state index is 0.0856. The van der Waals surface area contributed by atoms with Crippen LogP contribution in [0.3, 0.4) is 0 Å². The van der Waals surface area contributed by atoms with Gasteiger partial charge in [-0.05, 0) is 55.7 Å². The lowest BCUT2D eigenvalue weighted by Gasteiger charge is -2.22. The predicted octanol–water partition coefficient (Wildman–Crippen LogP) is 4.39. The van der Waals surface area contributed by atoms with Crippen molar-refractivity contribution in [3.8, 4) is 0 Å². The maximum absolute atomic E-state index is 12.8. The number of aliphatic carboxylic acids is 1. The van der Waals surface area contributed by atoms with Crippen LogP contribution in [0.2, 0.25) is 5.02 Å². The van der Waals surface area contributed by atoms with Crippen LogP contribution in [0.5, 0.6) is 0 Å². The van der Waals surface area contributed by atoms with Crippen molar-refractivity contribution in [2.45, 2.75) is 44.6 Å². The van der Waals surface area contributed by atoms with Crippen molar-refractivity contribution < 1.29 is 37.4 Å².